The van der Waals surface area contributed by atoms with Gasteiger partial charge in [0.1, 0.15) is 0 Å². The molecule has 0 bridgehead atoms. The Bertz CT molecular complexity index is 452. The van der Waals surface area contributed by atoms with Gasteiger partial charge in [-0.1, -0.05) is 29.8 Å². The minimum absolute atomic E-state index is 0.0615. The van der Waals surface area contributed by atoms with Crippen LogP contribution in [0.25, 0.3) is 5.70 Å². The number of halogens is 1. The number of hydrogen-bond donors (Lipinski definition) is 2. The fraction of sp³-hybridized carbons (Fsp3) is 0.308. The highest BCUT2D eigenvalue weighted by molar-refractivity contribution is 6.30. The predicted octanol–water partition coefficient (Wildman–Crippen LogP) is 2.73. The first-order chi connectivity index (χ1) is 8.20. The Labute approximate surface area is 106 Å². The van der Waals surface area contributed by atoms with Crippen molar-refractivity contribution < 1.29 is 4.79 Å². The smallest absolute Gasteiger partial charge is 0.241 e. The van der Waals surface area contributed by atoms with Crippen molar-refractivity contribution in [3.63, 3.8) is 0 Å². The second-order valence-electron chi connectivity index (χ2n) is 4.10. The van der Waals surface area contributed by atoms with E-state index in [0.717, 1.165) is 24.1 Å². The summed E-state index contributed by atoms with van der Waals surface area (Å²) in [6, 6.07) is 7.50. The van der Waals surface area contributed by atoms with Crippen LogP contribution in [0.15, 0.2) is 30.3 Å². The fourth-order valence-electron chi connectivity index (χ4n) is 1.54. The molecule has 1 aromatic rings. The van der Waals surface area contributed by atoms with Crippen molar-refractivity contribution in [2.75, 3.05) is 0 Å². The maximum absolute atomic E-state index is 11.5. The first-order valence-corrected chi connectivity index (χ1v) is 6.06. The summed E-state index contributed by atoms with van der Waals surface area (Å²) >= 11 is 5.93. The average Bonchev–Trinajstić information content (AvgIpc) is 3.13. The lowest BCUT2D eigenvalue weighted by atomic mass is 10.1. The molecule has 1 fully saturated rings. The summed E-state index contributed by atoms with van der Waals surface area (Å²) < 4.78 is 0. The maximum atomic E-state index is 11.5. The van der Waals surface area contributed by atoms with Gasteiger partial charge >= 0.3 is 0 Å². The molecule has 17 heavy (non-hydrogen) atoms. The molecular formula is C13H15ClN2O. The molecule has 0 aliphatic heterocycles. The molecule has 1 saturated carbocycles. The summed E-state index contributed by atoms with van der Waals surface area (Å²) in [5.74, 6) is 0.256. The van der Waals surface area contributed by atoms with E-state index in [1.54, 1.807) is 0 Å². The van der Waals surface area contributed by atoms with Crippen molar-refractivity contribution >= 4 is 23.2 Å². The Balaban J connectivity index is 1.99. The van der Waals surface area contributed by atoms with Gasteiger partial charge in [-0.15, -0.1) is 0 Å². The van der Waals surface area contributed by atoms with Crippen molar-refractivity contribution in [2.24, 2.45) is 5.92 Å². The van der Waals surface area contributed by atoms with Gasteiger partial charge in [0.25, 0.3) is 0 Å². The Hall–Kier alpha value is -1.48. The third-order valence-corrected chi connectivity index (χ3v) is 2.93. The highest BCUT2D eigenvalue weighted by atomic mass is 35.5. The van der Waals surface area contributed by atoms with E-state index in [-0.39, 0.29) is 11.8 Å². The Morgan fingerprint density at radius 1 is 1.41 bits per heavy atom. The average molecular weight is 251 g/mol. The van der Waals surface area contributed by atoms with Crippen LogP contribution in [0.4, 0.5) is 0 Å². The number of hydrazine groups is 1. The van der Waals surface area contributed by atoms with Crippen LogP contribution in [0.2, 0.25) is 5.02 Å². The SMILES string of the molecule is C/C=C(\NNC(=O)C1CC1)c1cccc(Cl)c1. The van der Waals surface area contributed by atoms with Gasteiger partial charge in [-0.2, -0.15) is 0 Å². The van der Waals surface area contributed by atoms with E-state index in [9.17, 15) is 4.79 Å². The lowest BCUT2D eigenvalue weighted by molar-refractivity contribution is -0.122. The molecule has 1 aromatic carbocycles. The van der Waals surface area contributed by atoms with Crippen LogP contribution in [0, 0.1) is 5.92 Å². The summed E-state index contributed by atoms with van der Waals surface area (Å²) in [5.41, 5.74) is 7.45. The third kappa shape index (κ3) is 3.24. The molecule has 0 aromatic heterocycles. The lowest BCUT2D eigenvalue weighted by Gasteiger charge is -2.12. The normalized spacial score (nSPS) is 15.5. The topological polar surface area (TPSA) is 41.1 Å². The molecule has 0 heterocycles. The highest BCUT2D eigenvalue weighted by Crippen LogP contribution is 2.28. The van der Waals surface area contributed by atoms with Gasteiger partial charge in [-0.25, -0.2) is 0 Å². The first-order valence-electron chi connectivity index (χ1n) is 5.69. The molecule has 0 atom stereocenters. The van der Waals surface area contributed by atoms with Crippen LogP contribution in [-0.4, -0.2) is 5.91 Å². The summed E-state index contributed by atoms with van der Waals surface area (Å²) in [5, 5.41) is 0.678. The van der Waals surface area contributed by atoms with Gasteiger partial charge in [-0.05, 0) is 31.9 Å². The number of allylic oxidation sites excluding steroid dienone is 1. The molecule has 90 valence electrons. The van der Waals surface area contributed by atoms with Crippen LogP contribution in [0.5, 0.6) is 0 Å². The highest BCUT2D eigenvalue weighted by Gasteiger charge is 2.29. The van der Waals surface area contributed by atoms with E-state index in [0.29, 0.717) is 5.02 Å². The van der Waals surface area contributed by atoms with Crippen molar-refractivity contribution in [3.8, 4) is 0 Å². The molecule has 1 aliphatic rings. The number of amides is 1. The predicted molar refractivity (Wildman–Crippen MR) is 69.1 cm³/mol. The minimum Gasteiger partial charge on any atom is -0.298 e. The number of hydrogen-bond acceptors (Lipinski definition) is 2. The van der Waals surface area contributed by atoms with Gasteiger partial charge in [0.15, 0.2) is 0 Å². The summed E-state index contributed by atoms with van der Waals surface area (Å²) in [6.07, 6.45) is 3.89. The molecule has 2 N–H and O–H groups in total. The molecule has 4 heteroatoms. The minimum atomic E-state index is 0.0615. The third-order valence-electron chi connectivity index (χ3n) is 2.69. The van der Waals surface area contributed by atoms with Crippen LogP contribution in [0.3, 0.4) is 0 Å². The zero-order valence-corrected chi connectivity index (χ0v) is 10.4. The Morgan fingerprint density at radius 2 is 2.18 bits per heavy atom. The first kappa shape index (κ1) is 12.0. The van der Waals surface area contributed by atoms with Crippen molar-refractivity contribution in [1.29, 1.82) is 0 Å². The second-order valence-corrected chi connectivity index (χ2v) is 4.54. The van der Waals surface area contributed by atoms with E-state index < -0.39 is 0 Å². The zero-order chi connectivity index (χ0) is 12.3. The zero-order valence-electron chi connectivity index (χ0n) is 9.66. The van der Waals surface area contributed by atoms with Crippen molar-refractivity contribution in [2.45, 2.75) is 19.8 Å². The standard InChI is InChI=1S/C13H15ClN2O/c1-2-12(10-4-3-5-11(14)8-10)15-16-13(17)9-6-7-9/h2-5,8-9,15H,6-7H2,1H3,(H,16,17)/b12-2-. The molecule has 0 spiro atoms. The van der Waals surface area contributed by atoms with Crippen LogP contribution < -0.4 is 10.9 Å². The number of carbonyl (C=O) groups is 1. The van der Waals surface area contributed by atoms with Gasteiger partial charge in [0.05, 0.1) is 5.70 Å². The van der Waals surface area contributed by atoms with Crippen LogP contribution in [-0.2, 0) is 4.79 Å². The number of benzene rings is 1. The van der Waals surface area contributed by atoms with Gasteiger partial charge in [0.2, 0.25) is 5.91 Å². The van der Waals surface area contributed by atoms with Gasteiger partial charge in [-0.3, -0.25) is 15.6 Å². The molecule has 1 aliphatic carbocycles. The van der Waals surface area contributed by atoms with Gasteiger partial charge in [0, 0.05) is 16.5 Å². The van der Waals surface area contributed by atoms with Crippen LogP contribution >= 0.6 is 11.6 Å². The van der Waals surface area contributed by atoms with Crippen LogP contribution in [0.1, 0.15) is 25.3 Å². The summed E-state index contributed by atoms with van der Waals surface area (Å²) in [6.45, 7) is 1.91. The Morgan fingerprint density at radius 3 is 2.76 bits per heavy atom. The monoisotopic (exact) mass is 250 g/mol. The number of carbonyl (C=O) groups excluding carboxylic acids is 1. The molecule has 3 nitrogen and oxygen atoms in total. The fourth-order valence-corrected chi connectivity index (χ4v) is 1.73. The molecule has 2 rings (SSSR count). The molecule has 1 amide bonds. The van der Waals surface area contributed by atoms with Crippen molar-refractivity contribution in [3.05, 3.63) is 40.9 Å². The lowest BCUT2D eigenvalue weighted by Crippen LogP contribution is -2.37. The quantitative estimate of drug-likeness (QED) is 0.807. The molecule has 0 unspecified atom stereocenters. The second kappa shape index (κ2) is 5.23. The number of rotatable bonds is 4. The van der Waals surface area contributed by atoms with E-state index in [4.69, 9.17) is 11.6 Å². The van der Waals surface area contributed by atoms with E-state index in [2.05, 4.69) is 10.9 Å². The molecule has 0 radical (unpaired) electrons. The largest absolute Gasteiger partial charge is 0.298 e. The molecule has 0 saturated heterocycles. The van der Waals surface area contributed by atoms with E-state index in [1.165, 1.54) is 0 Å². The Kier molecular flexibility index (Phi) is 3.69. The molecular weight excluding hydrogens is 236 g/mol. The van der Waals surface area contributed by atoms with E-state index in [1.807, 2.05) is 37.3 Å². The van der Waals surface area contributed by atoms with Gasteiger partial charge < -0.3 is 0 Å². The van der Waals surface area contributed by atoms with Crippen molar-refractivity contribution in [1.82, 2.24) is 10.9 Å². The number of nitrogens with one attached hydrogen (secondary N) is 2. The van der Waals surface area contributed by atoms with E-state index >= 15 is 0 Å². The summed E-state index contributed by atoms with van der Waals surface area (Å²) in [4.78, 5) is 11.5. The maximum Gasteiger partial charge on any atom is 0.241 e. The summed E-state index contributed by atoms with van der Waals surface area (Å²) in [7, 11) is 0.